The van der Waals surface area contributed by atoms with E-state index in [1.165, 1.54) is 0 Å². The molecule has 2 N–H and O–H groups in total. The van der Waals surface area contributed by atoms with Crippen molar-refractivity contribution in [2.45, 2.75) is 12.8 Å². The number of rotatable bonds is 6. The molecule has 0 radical (unpaired) electrons. The van der Waals surface area contributed by atoms with Crippen LogP contribution in [0.4, 0.5) is 11.4 Å². The summed E-state index contributed by atoms with van der Waals surface area (Å²) in [7, 11) is 0. The number of anilines is 2. The van der Waals surface area contributed by atoms with E-state index in [4.69, 9.17) is 11.6 Å². The Hall–Kier alpha value is -3.64. The summed E-state index contributed by atoms with van der Waals surface area (Å²) in [6.45, 7) is 0.464. The number of nitrogens with zero attached hydrogens (tertiary/aromatic N) is 1. The monoisotopic (exact) mass is 447 g/mol. The molecule has 0 aliphatic carbocycles. The van der Waals surface area contributed by atoms with Gasteiger partial charge in [0.1, 0.15) is 0 Å². The highest BCUT2D eigenvalue weighted by Gasteiger charge is 2.23. The Balaban J connectivity index is 1.31. The first-order chi connectivity index (χ1) is 15.5. The first kappa shape index (κ1) is 21.6. The maximum atomic E-state index is 12.4. The maximum Gasteiger partial charge on any atom is 0.251 e. The van der Waals surface area contributed by atoms with Gasteiger partial charge in [0.15, 0.2) is 0 Å². The third-order valence-corrected chi connectivity index (χ3v) is 5.56. The summed E-state index contributed by atoms with van der Waals surface area (Å²) >= 11 is 6.31. The molecule has 1 heterocycles. The van der Waals surface area contributed by atoms with Crippen LogP contribution in [0.2, 0.25) is 5.02 Å². The standard InChI is InChI=1S/C25H22ClN3O3/c26-21-15-20(12-13-22(21)29-14-4-7-24(29)31)28-23(30)16-27-25(32)19-10-8-18(9-11-19)17-5-2-1-3-6-17/h1-3,5-6,8-13,15H,4,7,14,16H2,(H,27,32)(H,28,30). The second-order valence-electron chi connectivity index (χ2n) is 7.49. The summed E-state index contributed by atoms with van der Waals surface area (Å²) in [5, 5.41) is 5.72. The average Bonchev–Trinajstić information content (AvgIpc) is 3.24. The van der Waals surface area contributed by atoms with Gasteiger partial charge in [0.05, 0.1) is 17.3 Å². The topological polar surface area (TPSA) is 78.5 Å². The summed E-state index contributed by atoms with van der Waals surface area (Å²) in [5.41, 5.74) is 3.69. The Kier molecular flexibility index (Phi) is 6.52. The number of halogens is 1. The van der Waals surface area contributed by atoms with Crippen LogP contribution in [0, 0.1) is 0 Å². The van der Waals surface area contributed by atoms with E-state index in [1.807, 2.05) is 42.5 Å². The maximum absolute atomic E-state index is 12.4. The largest absolute Gasteiger partial charge is 0.343 e. The van der Waals surface area contributed by atoms with Crippen LogP contribution in [-0.2, 0) is 9.59 Å². The van der Waals surface area contributed by atoms with Crippen LogP contribution in [0.3, 0.4) is 0 Å². The van der Waals surface area contributed by atoms with Crippen molar-refractivity contribution >= 4 is 40.7 Å². The molecular formula is C25H22ClN3O3. The van der Waals surface area contributed by atoms with Gasteiger partial charge in [-0.15, -0.1) is 0 Å². The van der Waals surface area contributed by atoms with E-state index in [1.54, 1.807) is 35.2 Å². The van der Waals surface area contributed by atoms with Crippen LogP contribution >= 0.6 is 11.6 Å². The smallest absolute Gasteiger partial charge is 0.251 e. The summed E-state index contributed by atoms with van der Waals surface area (Å²) < 4.78 is 0. The molecule has 3 aromatic rings. The number of hydrogen-bond donors (Lipinski definition) is 2. The number of carbonyl (C=O) groups excluding carboxylic acids is 3. The SMILES string of the molecule is O=C(CNC(=O)c1ccc(-c2ccccc2)cc1)Nc1ccc(N2CCCC2=O)c(Cl)c1. The number of hydrogen-bond acceptors (Lipinski definition) is 3. The fourth-order valence-corrected chi connectivity index (χ4v) is 3.90. The molecule has 3 aromatic carbocycles. The Morgan fingerprint density at radius 2 is 1.66 bits per heavy atom. The summed E-state index contributed by atoms with van der Waals surface area (Å²) in [6, 6.07) is 22.1. The second kappa shape index (κ2) is 9.66. The van der Waals surface area contributed by atoms with Crippen LogP contribution < -0.4 is 15.5 Å². The van der Waals surface area contributed by atoms with Gasteiger partial charge in [-0.1, -0.05) is 54.1 Å². The molecule has 1 saturated heterocycles. The highest BCUT2D eigenvalue weighted by molar-refractivity contribution is 6.34. The molecular weight excluding hydrogens is 426 g/mol. The molecule has 7 heteroatoms. The van der Waals surface area contributed by atoms with Crippen LogP contribution in [-0.4, -0.2) is 30.8 Å². The Morgan fingerprint density at radius 3 is 2.31 bits per heavy atom. The van der Waals surface area contributed by atoms with Crippen LogP contribution in [0.1, 0.15) is 23.2 Å². The van der Waals surface area contributed by atoms with E-state index in [9.17, 15) is 14.4 Å². The zero-order chi connectivity index (χ0) is 22.5. The Morgan fingerprint density at radius 1 is 0.938 bits per heavy atom. The first-order valence-corrected chi connectivity index (χ1v) is 10.7. The molecule has 0 aromatic heterocycles. The molecule has 0 saturated carbocycles. The van der Waals surface area contributed by atoms with Crippen molar-refractivity contribution in [3.05, 3.63) is 83.4 Å². The normalized spacial score (nSPS) is 13.2. The van der Waals surface area contributed by atoms with Gasteiger partial charge in [-0.25, -0.2) is 0 Å². The molecule has 1 aliphatic rings. The Bertz CT molecular complexity index is 1150. The van der Waals surface area contributed by atoms with Crippen LogP contribution in [0.15, 0.2) is 72.8 Å². The van der Waals surface area contributed by atoms with E-state index >= 15 is 0 Å². The number of carbonyl (C=O) groups is 3. The van der Waals surface area contributed by atoms with Crippen molar-refractivity contribution in [1.29, 1.82) is 0 Å². The van der Waals surface area contributed by atoms with E-state index in [-0.39, 0.29) is 24.3 Å². The molecule has 162 valence electrons. The van der Waals surface area contributed by atoms with Gasteiger partial charge in [0, 0.05) is 24.2 Å². The minimum atomic E-state index is -0.375. The predicted octanol–water partition coefficient (Wildman–Crippen LogP) is 4.50. The molecule has 1 aliphatic heterocycles. The van der Waals surface area contributed by atoms with Crippen molar-refractivity contribution in [3.63, 3.8) is 0 Å². The van der Waals surface area contributed by atoms with Crippen LogP contribution in [0.25, 0.3) is 11.1 Å². The van der Waals surface area contributed by atoms with E-state index in [0.29, 0.717) is 34.9 Å². The van der Waals surface area contributed by atoms with Gasteiger partial charge in [0.25, 0.3) is 5.91 Å². The lowest BCUT2D eigenvalue weighted by Gasteiger charge is -2.18. The fourth-order valence-electron chi connectivity index (χ4n) is 3.62. The van der Waals surface area contributed by atoms with Gasteiger partial charge in [-0.3, -0.25) is 14.4 Å². The molecule has 6 nitrogen and oxygen atoms in total. The lowest BCUT2D eigenvalue weighted by Crippen LogP contribution is -2.32. The minimum Gasteiger partial charge on any atom is -0.343 e. The Labute approximate surface area is 191 Å². The van der Waals surface area contributed by atoms with Crippen molar-refractivity contribution in [1.82, 2.24) is 5.32 Å². The predicted molar refractivity (Wildman–Crippen MR) is 126 cm³/mol. The summed E-state index contributed by atoms with van der Waals surface area (Å²) in [6.07, 6.45) is 1.33. The first-order valence-electron chi connectivity index (χ1n) is 10.3. The van der Waals surface area contributed by atoms with E-state index in [2.05, 4.69) is 10.6 Å². The molecule has 0 atom stereocenters. The van der Waals surface area contributed by atoms with Crippen molar-refractivity contribution in [3.8, 4) is 11.1 Å². The third kappa shape index (κ3) is 4.98. The molecule has 0 bridgehead atoms. The quantitative estimate of drug-likeness (QED) is 0.583. The molecule has 0 spiro atoms. The van der Waals surface area contributed by atoms with Gasteiger partial charge >= 0.3 is 0 Å². The second-order valence-corrected chi connectivity index (χ2v) is 7.90. The molecule has 3 amide bonds. The number of amides is 3. The lowest BCUT2D eigenvalue weighted by atomic mass is 10.0. The average molecular weight is 448 g/mol. The van der Waals surface area contributed by atoms with Gasteiger partial charge in [-0.05, 0) is 47.9 Å². The van der Waals surface area contributed by atoms with Crippen molar-refractivity contribution < 1.29 is 14.4 Å². The zero-order valence-corrected chi connectivity index (χ0v) is 18.1. The highest BCUT2D eigenvalue weighted by Crippen LogP contribution is 2.31. The highest BCUT2D eigenvalue weighted by atomic mass is 35.5. The fraction of sp³-hybridized carbons (Fsp3) is 0.160. The summed E-state index contributed by atoms with van der Waals surface area (Å²) in [5.74, 6) is -0.663. The van der Waals surface area contributed by atoms with Crippen molar-refractivity contribution in [2.24, 2.45) is 0 Å². The summed E-state index contributed by atoms with van der Waals surface area (Å²) in [4.78, 5) is 38.2. The van der Waals surface area contributed by atoms with Gasteiger partial charge < -0.3 is 15.5 Å². The number of benzene rings is 3. The van der Waals surface area contributed by atoms with E-state index < -0.39 is 0 Å². The van der Waals surface area contributed by atoms with Crippen LogP contribution in [0.5, 0.6) is 0 Å². The molecule has 1 fully saturated rings. The van der Waals surface area contributed by atoms with Crippen molar-refractivity contribution in [2.75, 3.05) is 23.3 Å². The lowest BCUT2D eigenvalue weighted by molar-refractivity contribution is -0.117. The molecule has 4 rings (SSSR count). The molecule has 0 unspecified atom stereocenters. The van der Waals surface area contributed by atoms with Gasteiger partial charge in [-0.2, -0.15) is 0 Å². The minimum absolute atomic E-state index is 0.0446. The zero-order valence-electron chi connectivity index (χ0n) is 17.3. The molecule has 32 heavy (non-hydrogen) atoms. The third-order valence-electron chi connectivity index (χ3n) is 5.26. The van der Waals surface area contributed by atoms with E-state index in [0.717, 1.165) is 17.5 Å². The van der Waals surface area contributed by atoms with Gasteiger partial charge in [0.2, 0.25) is 11.8 Å². The number of nitrogens with one attached hydrogen (secondary N) is 2.